The lowest BCUT2D eigenvalue weighted by molar-refractivity contribution is 0.0696. The van der Waals surface area contributed by atoms with Crippen molar-refractivity contribution < 1.29 is 23.1 Å². The second-order valence-electron chi connectivity index (χ2n) is 4.81. The number of aromatic carboxylic acids is 1. The van der Waals surface area contributed by atoms with Crippen LogP contribution in [0.5, 0.6) is 5.75 Å². The van der Waals surface area contributed by atoms with E-state index < -0.39 is 16.0 Å². The maximum Gasteiger partial charge on any atom is 0.335 e. The molecule has 0 aliphatic rings. The Bertz CT molecular complexity index is 814. The number of ether oxygens (including phenoxy) is 1. The van der Waals surface area contributed by atoms with Crippen molar-refractivity contribution >= 4 is 16.0 Å². The lowest BCUT2D eigenvalue weighted by Gasteiger charge is -2.10. The molecule has 9 heteroatoms. The highest BCUT2D eigenvalue weighted by molar-refractivity contribution is 7.89. The Morgan fingerprint density at radius 2 is 2.13 bits per heavy atom. The molecule has 1 aromatic heterocycles. The zero-order valence-corrected chi connectivity index (χ0v) is 13.5. The Balaban J connectivity index is 2.05. The van der Waals surface area contributed by atoms with Gasteiger partial charge in [-0.2, -0.15) is 5.10 Å². The summed E-state index contributed by atoms with van der Waals surface area (Å²) in [5, 5.41) is 12.8. The maximum atomic E-state index is 12.0. The normalized spacial score (nSPS) is 11.4. The van der Waals surface area contributed by atoms with E-state index in [2.05, 4.69) is 9.82 Å². The molecule has 0 fully saturated rings. The quantitative estimate of drug-likeness (QED) is 0.766. The van der Waals surface area contributed by atoms with Gasteiger partial charge in [-0.15, -0.1) is 0 Å². The molecule has 1 aromatic carbocycles. The van der Waals surface area contributed by atoms with Gasteiger partial charge in [-0.05, 0) is 30.2 Å². The van der Waals surface area contributed by atoms with E-state index >= 15 is 0 Å². The summed E-state index contributed by atoms with van der Waals surface area (Å²) in [5.41, 5.74) is 0.820. The number of nitrogens with one attached hydrogen (secondary N) is 1. The molecule has 124 valence electrons. The first-order chi connectivity index (χ1) is 10.8. The zero-order chi connectivity index (χ0) is 17.0. The van der Waals surface area contributed by atoms with Gasteiger partial charge in [-0.3, -0.25) is 4.68 Å². The lowest BCUT2D eigenvalue weighted by atomic mass is 10.1. The molecule has 2 N–H and O–H groups in total. The molecule has 23 heavy (non-hydrogen) atoms. The molecule has 0 aliphatic heterocycles. The molecule has 0 radical (unpaired) electrons. The molecule has 0 aliphatic carbocycles. The number of carboxylic acids is 1. The van der Waals surface area contributed by atoms with Crippen molar-refractivity contribution in [3.8, 4) is 5.75 Å². The Morgan fingerprint density at radius 1 is 1.39 bits per heavy atom. The Hall–Kier alpha value is -2.39. The molecule has 0 atom stereocenters. The molecule has 2 aromatic rings. The summed E-state index contributed by atoms with van der Waals surface area (Å²) in [5.74, 6) is -0.646. The summed E-state index contributed by atoms with van der Waals surface area (Å²) in [6.07, 6.45) is 1.90. The summed E-state index contributed by atoms with van der Waals surface area (Å²) in [6, 6.07) is 5.88. The van der Waals surface area contributed by atoms with E-state index in [1.165, 1.54) is 30.0 Å². The van der Waals surface area contributed by atoms with E-state index in [1.807, 2.05) is 0 Å². The average molecular weight is 339 g/mol. The number of carbonyl (C=O) groups is 1. The Kier molecular flexibility index (Phi) is 5.02. The van der Waals surface area contributed by atoms with E-state index in [0.29, 0.717) is 17.7 Å². The zero-order valence-electron chi connectivity index (χ0n) is 12.7. The number of hydrogen-bond donors (Lipinski definition) is 2. The van der Waals surface area contributed by atoms with Crippen LogP contribution >= 0.6 is 0 Å². The highest BCUT2D eigenvalue weighted by Crippen LogP contribution is 2.20. The average Bonchev–Trinajstić information content (AvgIpc) is 2.94. The predicted octanol–water partition coefficient (Wildman–Crippen LogP) is 0.648. The number of hydrogen-bond acceptors (Lipinski definition) is 5. The van der Waals surface area contributed by atoms with Crippen molar-refractivity contribution in [2.45, 2.75) is 11.4 Å². The van der Waals surface area contributed by atoms with Gasteiger partial charge in [0, 0.05) is 19.8 Å². The van der Waals surface area contributed by atoms with Gasteiger partial charge in [0.15, 0.2) is 5.03 Å². The van der Waals surface area contributed by atoms with Crippen LogP contribution in [-0.4, -0.2) is 42.9 Å². The molecule has 0 spiro atoms. The topological polar surface area (TPSA) is 111 Å². The molecule has 0 bridgehead atoms. The molecule has 8 nitrogen and oxygen atoms in total. The van der Waals surface area contributed by atoms with Gasteiger partial charge in [0.2, 0.25) is 0 Å². The third-order valence-electron chi connectivity index (χ3n) is 3.18. The van der Waals surface area contributed by atoms with Crippen LogP contribution < -0.4 is 9.46 Å². The highest BCUT2D eigenvalue weighted by Gasteiger charge is 2.17. The van der Waals surface area contributed by atoms with Crippen molar-refractivity contribution in [1.29, 1.82) is 0 Å². The molecule has 0 saturated carbocycles. The number of methoxy groups -OCH3 is 1. The van der Waals surface area contributed by atoms with Gasteiger partial charge in [-0.1, -0.05) is 6.07 Å². The molecule has 0 saturated heterocycles. The minimum Gasteiger partial charge on any atom is -0.496 e. The van der Waals surface area contributed by atoms with Crippen LogP contribution in [0.4, 0.5) is 0 Å². The number of rotatable bonds is 7. The van der Waals surface area contributed by atoms with Crippen molar-refractivity contribution in [3.63, 3.8) is 0 Å². The lowest BCUT2D eigenvalue weighted by Crippen LogP contribution is -2.26. The summed E-state index contributed by atoms with van der Waals surface area (Å²) in [4.78, 5) is 10.9. The van der Waals surface area contributed by atoms with Gasteiger partial charge < -0.3 is 9.84 Å². The third-order valence-corrected chi connectivity index (χ3v) is 4.54. The van der Waals surface area contributed by atoms with Crippen LogP contribution in [0.1, 0.15) is 15.9 Å². The second-order valence-corrected chi connectivity index (χ2v) is 6.52. The monoisotopic (exact) mass is 339 g/mol. The van der Waals surface area contributed by atoms with Crippen molar-refractivity contribution in [2.75, 3.05) is 13.7 Å². The first kappa shape index (κ1) is 17.0. The SMILES string of the molecule is COc1cc(C(=O)O)ccc1CCNS(=O)(=O)c1ccn(C)n1. The van der Waals surface area contributed by atoms with Crippen LogP contribution in [0.2, 0.25) is 0 Å². The van der Waals surface area contributed by atoms with E-state index in [4.69, 9.17) is 9.84 Å². The minimum absolute atomic E-state index is 0.0480. The van der Waals surface area contributed by atoms with Crippen LogP contribution in [0.25, 0.3) is 0 Å². The van der Waals surface area contributed by atoms with Crippen LogP contribution in [0.3, 0.4) is 0 Å². The van der Waals surface area contributed by atoms with Crippen LogP contribution in [0, 0.1) is 0 Å². The van der Waals surface area contributed by atoms with Gasteiger partial charge in [0.1, 0.15) is 5.75 Å². The molecule has 1 heterocycles. The van der Waals surface area contributed by atoms with Gasteiger partial charge >= 0.3 is 5.97 Å². The summed E-state index contributed by atoms with van der Waals surface area (Å²) < 4.78 is 33.1. The first-order valence-corrected chi connectivity index (χ1v) is 8.21. The summed E-state index contributed by atoms with van der Waals surface area (Å²) >= 11 is 0. The van der Waals surface area contributed by atoms with Crippen molar-refractivity contribution in [3.05, 3.63) is 41.6 Å². The van der Waals surface area contributed by atoms with Gasteiger partial charge in [0.05, 0.1) is 12.7 Å². The smallest absolute Gasteiger partial charge is 0.335 e. The van der Waals surface area contributed by atoms with Gasteiger partial charge in [-0.25, -0.2) is 17.9 Å². The minimum atomic E-state index is -3.67. The standard InChI is InChI=1S/C14H17N3O5S/c1-17-8-6-13(16-17)23(20,21)15-7-5-10-3-4-11(14(18)19)9-12(10)22-2/h3-4,6,8-9,15H,5,7H2,1-2H3,(H,18,19). The fourth-order valence-electron chi connectivity index (χ4n) is 2.02. The van der Waals surface area contributed by atoms with E-state index in [1.54, 1.807) is 19.3 Å². The fourth-order valence-corrected chi connectivity index (χ4v) is 3.01. The van der Waals surface area contributed by atoms with Crippen LogP contribution in [-0.2, 0) is 23.5 Å². The van der Waals surface area contributed by atoms with E-state index in [0.717, 1.165) is 0 Å². The molecular weight excluding hydrogens is 322 g/mol. The second kappa shape index (κ2) is 6.80. The summed E-state index contributed by atoms with van der Waals surface area (Å²) in [7, 11) is -0.602. The Morgan fingerprint density at radius 3 is 2.70 bits per heavy atom. The molecule has 0 amide bonds. The van der Waals surface area contributed by atoms with Crippen LogP contribution in [0.15, 0.2) is 35.5 Å². The third kappa shape index (κ3) is 4.08. The number of benzene rings is 1. The maximum absolute atomic E-state index is 12.0. The number of carboxylic acid groups (broad SMARTS) is 1. The predicted molar refractivity (Wildman–Crippen MR) is 82.1 cm³/mol. The Labute approximate surface area is 133 Å². The van der Waals surface area contributed by atoms with Crippen molar-refractivity contribution in [2.24, 2.45) is 7.05 Å². The number of nitrogens with zero attached hydrogens (tertiary/aromatic N) is 2. The van der Waals surface area contributed by atoms with Crippen molar-refractivity contribution in [1.82, 2.24) is 14.5 Å². The first-order valence-electron chi connectivity index (χ1n) is 6.73. The largest absolute Gasteiger partial charge is 0.496 e. The fraction of sp³-hybridized carbons (Fsp3) is 0.286. The summed E-state index contributed by atoms with van der Waals surface area (Å²) in [6.45, 7) is 0.141. The molecular formula is C14H17N3O5S. The molecule has 0 unspecified atom stereocenters. The molecule has 2 rings (SSSR count). The number of aryl methyl sites for hydroxylation is 1. The number of aromatic nitrogens is 2. The van der Waals surface area contributed by atoms with E-state index in [-0.39, 0.29) is 17.1 Å². The van der Waals surface area contributed by atoms with E-state index in [9.17, 15) is 13.2 Å². The highest BCUT2D eigenvalue weighted by atomic mass is 32.2. The number of sulfonamides is 1. The van der Waals surface area contributed by atoms with Gasteiger partial charge in [0.25, 0.3) is 10.0 Å².